The van der Waals surface area contributed by atoms with Gasteiger partial charge in [-0.1, -0.05) is 13.8 Å². The lowest BCUT2D eigenvalue weighted by Gasteiger charge is -2.23. The third-order valence-electron chi connectivity index (χ3n) is 2.67. The van der Waals surface area contributed by atoms with Gasteiger partial charge in [0.2, 0.25) is 0 Å². The van der Waals surface area contributed by atoms with Crippen molar-refractivity contribution >= 4 is 0 Å². The number of hydrogen-bond acceptors (Lipinski definition) is 3. The Kier molecular flexibility index (Phi) is 7.15. The number of hydrogen-bond donors (Lipinski definition) is 1. The molecule has 0 bridgehead atoms. The molecule has 0 rings (SSSR count). The molecule has 0 aliphatic heterocycles. The molecule has 3 heteroatoms. The summed E-state index contributed by atoms with van der Waals surface area (Å²) >= 11 is 0. The minimum atomic E-state index is 0.301. The van der Waals surface area contributed by atoms with Crippen LogP contribution in [0.3, 0.4) is 0 Å². The van der Waals surface area contributed by atoms with Crippen molar-refractivity contribution in [2.24, 2.45) is 11.7 Å². The normalized spacial score (nSPS) is 16.3. The smallest absolute Gasteiger partial charge is 0.0669 e. The summed E-state index contributed by atoms with van der Waals surface area (Å²) in [5.41, 5.74) is 5.97. The summed E-state index contributed by atoms with van der Waals surface area (Å²) in [6.07, 6.45) is 1.36. The molecule has 0 aromatic heterocycles. The van der Waals surface area contributed by atoms with Crippen LogP contribution in [0.5, 0.6) is 0 Å². The van der Waals surface area contributed by atoms with Gasteiger partial charge in [-0.3, -0.25) is 0 Å². The fourth-order valence-electron chi connectivity index (χ4n) is 1.31. The number of ether oxygens (including phenoxy) is 1. The monoisotopic (exact) mass is 202 g/mol. The molecule has 0 heterocycles. The Morgan fingerprint density at radius 1 is 1.29 bits per heavy atom. The predicted octanol–water partition coefficient (Wildman–Crippen LogP) is 1.33. The maximum atomic E-state index is 5.97. The van der Waals surface area contributed by atoms with Crippen LogP contribution in [0.25, 0.3) is 0 Å². The summed E-state index contributed by atoms with van der Waals surface area (Å²) in [6, 6.07) is 0.315. The van der Waals surface area contributed by atoms with Crippen molar-refractivity contribution in [3.05, 3.63) is 0 Å². The quantitative estimate of drug-likeness (QED) is 0.677. The van der Waals surface area contributed by atoms with E-state index in [4.69, 9.17) is 10.5 Å². The van der Waals surface area contributed by atoms with E-state index in [9.17, 15) is 0 Å². The third kappa shape index (κ3) is 6.35. The van der Waals surface area contributed by atoms with E-state index in [2.05, 4.69) is 32.7 Å². The Labute approximate surface area is 88.6 Å². The van der Waals surface area contributed by atoms with Gasteiger partial charge < -0.3 is 15.4 Å². The van der Waals surface area contributed by atoms with Crippen LogP contribution in [0, 0.1) is 5.92 Å². The van der Waals surface area contributed by atoms with Gasteiger partial charge in [0.1, 0.15) is 0 Å². The van der Waals surface area contributed by atoms with Crippen LogP contribution in [-0.2, 0) is 4.74 Å². The fourth-order valence-corrected chi connectivity index (χ4v) is 1.31. The molecule has 0 fully saturated rings. The van der Waals surface area contributed by atoms with Gasteiger partial charge in [0.25, 0.3) is 0 Å². The standard InChI is InChI=1S/C11H26N2O/c1-9(2)11(12)6-7-13(4)8-10(3)14-5/h9-11H,6-8,12H2,1-5H3. The molecule has 0 aromatic rings. The first-order valence-corrected chi connectivity index (χ1v) is 5.44. The van der Waals surface area contributed by atoms with Crippen molar-refractivity contribution in [3.8, 4) is 0 Å². The summed E-state index contributed by atoms with van der Waals surface area (Å²) in [5, 5.41) is 0. The topological polar surface area (TPSA) is 38.5 Å². The Hall–Kier alpha value is -0.120. The van der Waals surface area contributed by atoms with Gasteiger partial charge >= 0.3 is 0 Å². The minimum Gasteiger partial charge on any atom is -0.380 e. The Balaban J connectivity index is 3.58. The third-order valence-corrected chi connectivity index (χ3v) is 2.67. The van der Waals surface area contributed by atoms with E-state index in [0.29, 0.717) is 18.1 Å². The van der Waals surface area contributed by atoms with Crippen LogP contribution < -0.4 is 5.73 Å². The molecule has 0 saturated heterocycles. The summed E-state index contributed by atoms with van der Waals surface area (Å²) in [7, 11) is 3.86. The van der Waals surface area contributed by atoms with Crippen LogP contribution >= 0.6 is 0 Å². The van der Waals surface area contributed by atoms with Gasteiger partial charge in [-0.25, -0.2) is 0 Å². The highest BCUT2D eigenvalue weighted by atomic mass is 16.5. The molecule has 2 unspecified atom stereocenters. The summed E-state index contributed by atoms with van der Waals surface area (Å²) in [5.74, 6) is 0.572. The molecule has 0 aliphatic rings. The van der Waals surface area contributed by atoms with E-state index in [0.717, 1.165) is 19.5 Å². The molecular weight excluding hydrogens is 176 g/mol. The zero-order chi connectivity index (χ0) is 11.1. The van der Waals surface area contributed by atoms with E-state index < -0.39 is 0 Å². The largest absolute Gasteiger partial charge is 0.380 e. The molecule has 2 atom stereocenters. The minimum absolute atomic E-state index is 0.301. The van der Waals surface area contributed by atoms with Gasteiger partial charge in [-0.05, 0) is 32.9 Å². The molecule has 2 N–H and O–H groups in total. The average Bonchev–Trinajstić information content (AvgIpc) is 2.13. The van der Waals surface area contributed by atoms with E-state index in [-0.39, 0.29) is 0 Å². The van der Waals surface area contributed by atoms with Gasteiger partial charge in [-0.2, -0.15) is 0 Å². The van der Waals surface area contributed by atoms with Gasteiger partial charge in [-0.15, -0.1) is 0 Å². The molecule has 0 spiro atoms. The molecule has 3 nitrogen and oxygen atoms in total. The lowest BCUT2D eigenvalue weighted by atomic mass is 10.0. The van der Waals surface area contributed by atoms with Crippen LogP contribution in [0.15, 0.2) is 0 Å². The van der Waals surface area contributed by atoms with Crippen molar-refractivity contribution in [3.63, 3.8) is 0 Å². The zero-order valence-corrected chi connectivity index (χ0v) is 10.3. The van der Waals surface area contributed by atoms with Crippen LogP contribution in [0.1, 0.15) is 27.2 Å². The fraction of sp³-hybridized carbons (Fsp3) is 1.00. The van der Waals surface area contributed by atoms with Crippen LogP contribution in [-0.4, -0.2) is 44.3 Å². The number of rotatable bonds is 7. The maximum Gasteiger partial charge on any atom is 0.0669 e. The Morgan fingerprint density at radius 2 is 1.86 bits per heavy atom. The van der Waals surface area contributed by atoms with Gasteiger partial charge in [0, 0.05) is 19.7 Å². The van der Waals surface area contributed by atoms with Crippen molar-refractivity contribution in [2.75, 3.05) is 27.2 Å². The van der Waals surface area contributed by atoms with Crippen LogP contribution in [0.4, 0.5) is 0 Å². The summed E-state index contributed by atoms with van der Waals surface area (Å²) in [4.78, 5) is 2.27. The first-order chi connectivity index (χ1) is 6.47. The van der Waals surface area contributed by atoms with Crippen molar-refractivity contribution < 1.29 is 4.74 Å². The van der Waals surface area contributed by atoms with Gasteiger partial charge in [0.15, 0.2) is 0 Å². The highest BCUT2D eigenvalue weighted by Crippen LogP contribution is 2.04. The molecule has 0 aliphatic carbocycles. The van der Waals surface area contributed by atoms with E-state index >= 15 is 0 Å². The highest BCUT2D eigenvalue weighted by Gasteiger charge is 2.10. The number of nitrogens with two attached hydrogens (primary N) is 1. The second-order valence-corrected chi connectivity index (χ2v) is 4.51. The Morgan fingerprint density at radius 3 is 2.29 bits per heavy atom. The molecule has 0 amide bonds. The molecule has 0 aromatic carbocycles. The summed E-state index contributed by atoms with van der Waals surface area (Å²) in [6.45, 7) is 8.44. The van der Waals surface area contributed by atoms with E-state index in [1.54, 1.807) is 7.11 Å². The van der Waals surface area contributed by atoms with E-state index in [1.165, 1.54) is 0 Å². The second kappa shape index (κ2) is 7.21. The number of likely N-dealkylation sites (N-methyl/N-ethyl adjacent to an activating group) is 1. The van der Waals surface area contributed by atoms with Crippen molar-refractivity contribution in [1.29, 1.82) is 0 Å². The SMILES string of the molecule is COC(C)CN(C)CCC(N)C(C)C. The van der Waals surface area contributed by atoms with Crippen molar-refractivity contribution in [2.45, 2.75) is 39.3 Å². The molecule has 0 saturated carbocycles. The number of nitrogens with zero attached hydrogens (tertiary/aromatic N) is 1. The maximum absolute atomic E-state index is 5.97. The first-order valence-electron chi connectivity index (χ1n) is 5.44. The predicted molar refractivity (Wildman–Crippen MR) is 61.4 cm³/mol. The lowest BCUT2D eigenvalue weighted by Crippen LogP contribution is -2.34. The molecular formula is C11H26N2O. The van der Waals surface area contributed by atoms with Crippen molar-refractivity contribution in [1.82, 2.24) is 4.90 Å². The first kappa shape index (κ1) is 13.9. The second-order valence-electron chi connectivity index (χ2n) is 4.51. The molecule has 0 radical (unpaired) electrons. The number of methoxy groups -OCH3 is 1. The molecule has 14 heavy (non-hydrogen) atoms. The summed E-state index contributed by atoms with van der Waals surface area (Å²) < 4.78 is 5.20. The Bertz CT molecular complexity index is 139. The van der Waals surface area contributed by atoms with E-state index in [1.807, 2.05) is 0 Å². The average molecular weight is 202 g/mol. The lowest BCUT2D eigenvalue weighted by molar-refractivity contribution is 0.0844. The zero-order valence-electron chi connectivity index (χ0n) is 10.3. The van der Waals surface area contributed by atoms with Crippen LogP contribution in [0.2, 0.25) is 0 Å². The molecule has 86 valence electrons. The van der Waals surface area contributed by atoms with Gasteiger partial charge in [0.05, 0.1) is 6.10 Å². The highest BCUT2D eigenvalue weighted by molar-refractivity contribution is 4.68.